The Hall–Kier alpha value is -0.0600. The van der Waals surface area contributed by atoms with Gasteiger partial charge in [0.1, 0.15) is 15.0 Å². The van der Waals surface area contributed by atoms with Crippen LogP contribution in [0.4, 0.5) is 8.78 Å². The lowest BCUT2D eigenvalue weighted by Gasteiger charge is -2.05. The Labute approximate surface area is 105 Å². The summed E-state index contributed by atoms with van der Waals surface area (Å²) in [6.45, 7) is 0. The molecule has 0 fully saturated rings. The van der Waals surface area contributed by atoms with E-state index in [-0.39, 0.29) is 12.8 Å². The maximum atomic E-state index is 12.2. The minimum absolute atomic E-state index is 0.0319. The number of carboxylic acids is 1. The van der Waals surface area contributed by atoms with Gasteiger partial charge in [-0.2, -0.15) is 0 Å². The van der Waals surface area contributed by atoms with Crippen LogP contribution in [0.2, 0.25) is 0 Å². The zero-order chi connectivity index (χ0) is 10.9. The first-order valence-corrected chi connectivity index (χ1v) is 5.46. The molecule has 0 aliphatic heterocycles. The number of alkyl halides is 2. The van der Waals surface area contributed by atoms with Gasteiger partial charge in [-0.15, -0.1) is 0 Å². The molecule has 1 rings (SSSR count). The van der Waals surface area contributed by atoms with E-state index in [1.807, 2.05) is 0 Å². The normalized spacial score (nSPS) is 10.6. The molecule has 0 saturated carbocycles. The third-order valence-corrected chi connectivity index (χ3v) is 3.02. The largest absolute Gasteiger partial charge is 0.478 e. The highest BCUT2D eigenvalue weighted by molar-refractivity contribution is 14.1. The highest BCUT2D eigenvalue weighted by Gasteiger charge is 2.18. The van der Waals surface area contributed by atoms with Gasteiger partial charge in [0, 0.05) is 3.57 Å². The van der Waals surface area contributed by atoms with Crippen molar-refractivity contribution in [3.05, 3.63) is 24.6 Å². The number of carbonyl (C=O) groups is 1. The Morgan fingerprint density at radius 1 is 1.50 bits per heavy atom. The van der Waals surface area contributed by atoms with E-state index in [9.17, 15) is 13.6 Å². The average Bonchev–Trinajstić information content (AvgIpc) is 2.01. The second-order valence-corrected chi connectivity index (χ2v) is 4.48. The van der Waals surface area contributed by atoms with E-state index in [2.05, 4.69) is 4.98 Å². The maximum Gasteiger partial charge on any atom is 0.339 e. The van der Waals surface area contributed by atoms with Crippen molar-refractivity contribution in [2.75, 3.05) is 0 Å². The Morgan fingerprint density at radius 3 is 2.43 bits per heavy atom. The van der Waals surface area contributed by atoms with Crippen molar-refractivity contribution in [3.63, 3.8) is 0 Å². The first-order valence-electron chi connectivity index (χ1n) is 3.31. The van der Waals surface area contributed by atoms with Gasteiger partial charge in [-0.3, -0.25) is 0 Å². The van der Waals surface area contributed by atoms with Crippen molar-refractivity contribution >= 4 is 51.2 Å². The molecule has 14 heavy (non-hydrogen) atoms. The lowest BCUT2D eigenvalue weighted by Crippen LogP contribution is -2.07. The lowest BCUT2D eigenvalue weighted by molar-refractivity contribution is 0.0693. The highest BCUT2D eigenvalue weighted by atomic mass is 127. The van der Waals surface area contributed by atoms with E-state index in [0.717, 1.165) is 6.07 Å². The molecule has 0 aliphatic rings. The van der Waals surface area contributed by atoms with Crippen LogP contribution in [0.3, 0.4) is 0 Å². The van der Waals surface area contributed by atoms with Crippen LogP contribution in [0, 0.1) is 7.27 Å². The number of rotatable bonds is 2. The third kappa shape index (κ3) is 2.49. The molecule has 0 bridgehead atoms. The van der Waals surface area contributed by atoms with Crippen molar-refractivity contribution in [2.45, 2.75) is 6.43 Å². The van der Waals surface area contributed by atoms with Crippen LogP contribution in [0.1, 0.15) is 22.5 Å². The Bertz CT molecular complexity index is 361. The summed E-state index contributed by atoms with van der Waals surface area (Å²) in [6, 6.07) is 1.08. The van der Waals surface area contributed by atoms with E-state index in [1.54, 1.807) is 45.2 Å². The fourth-order valence-corrected chi connectivity index (χ4v) is 2.93. The standard InChI is InChI=1S/C7H3F2I2NO2/c8-5(9)3-1-2(10)4(7(13)14)6(11)12-3/h1,5H,(H,13,14). The first-order chi connectivity index (χ1) is 6.43. The van der Waals surface area contributed by atoms with Gasteiger partial charge in [0.2, 0.25) is 0 Å². The third-order valence-electron chi connectivity index (χ3n) is 1.38. The summed E-state index contributed by atoms with van der Waals surface area (Å²) in [6.07, 6.45) is -2.68. The molecule has 0 radical (unpaired) electrons. The maximum absolute atomic E-state index is 12.2. The number of halogens is 4. The number of carboxylic acid groups (broad SMARTS) is 1. The van der Waals surface area contributed by atoms with Crippen LogP contribution in [-0.4, -0.2) is 16.1 Å². The van der Waals surface area contributed by atoms with Crippen LogP contribution >= 0.6 is 45.2 Å². The number of aromatic nitrogens is 1. The van der Waals surface area contributed by atoms with Crippen molar-refractivity contribution in [1.82, 2.24) is 4.98 Å². The van der Waals surface area contributed by atoms with Crippen molar-refractivity contribution in [2.24, 2.45) is 0 Å². The molecular weight excluding hydrogens is 422 g/mol. The molecule has 1 N–H and O–H groups in total. The number of hydrogen-bond donors (Lipinski definition) is 1. The van der Waals surface area contributed by atoms with Crippen LogP contribution < -0.4 is 0 Å². The van der Waals surface area contributed by atoms with Gasteiger partial charge in [-0.1, -0.05) is 0 Å². The van der Waals surface area contributed by atoms with Crippen LogP contribution in [-0.2, 0) is 0 Å². The highest BCUT2D eigenvalue weighted by Crippen LogP contribution is 2.24. The topological polar surface area (TPSA) is 50.2 Å². The fourth-order valence-electron chi connectivity index (χ4n) is 0.804. The molecule has 0 aliphatic carbocycles. The second kappa shape index (κ2) is 4.64. The van der Waals surface area contributed by atoms with Crippen LogP contribution in [0.15, 0.2) is 6.07 Å². The summed E-state index contributed by atoms with van der Waals surface area (Å²) in [5.74, 6) is -1.16. The van der Waals surface area contributed by atoms with Crippen LogP contribution in [0.5, 0.6) is 0 Å². The summed E-state index contributed by atoms with van der Waals surface area (Å²) in [4.78, 5) is 14.2. The molecule has 0 spiro atoms. The number of pyridine rings is 1. The van der Waals surface area contributed by atoms with Gasteiger partial charge in [0.15, 0.2) is 0 Å². The van der Waals surface area contributed by atoms with E-state index in [1.165, 1.54) is 0 Å². The monoisotopic (exact) mass is 425 g/mol. The van der Waals surface area contributed by atoms with E-state index < -0.39 is 18.1 Å². The molecule has 1 aromatic heterocycles. The zero-order valence-corrected chi connectivity index (χ0v) is 10.8. The van der Waals surface area contributed by atoms with E-state index in [4.69, 9.17) is 5.11 Å². The second-order valence-electron chi connectivity index (χ2n) is 2.30. The summed E-state index contributed by atoms with van der Waals surface area (Å²) in [7, 11) is 0. The molecule has 0 aromatic carbocycles. The predicted octanol–water partition coefficient (Wildman–Crippen LogP) is 2.93. The molecule has 1 aromatic rings. The molecule has 7 heteroatoms. The average molecular weight is 425 g/mol. The first kappa shape index (κ1) is 12.0. The summed E-state index contributed by atoms with van der Waals surface area (Å²) in [5.41, 5.74) is -0.431. The molecule has 0 saturated heterocycles. The van der Waals surface area contributed by atoms with Gasteiger partial charge in [0.25, 0.3) is 6.43 Å². The molecule has 0 amide bonds. The smallest absolute Gasteiger partial charge is 0.339 e. The van der Waals surface area contributed by atoms with E-state index in [0.29, 0.717) is 0 Å². The molecule has 1 heterocycles. The Morgan fingerprint density at radius 2 is 2.07 bits per heavy atom. The Kier molecular flexibility index (Phi) is 3.98. The number of aromatic carboxylic acids is 1. The van der Waals surface area contributed by atoms with Crippen LogP contribution in [0.25, 0.3) is 0 Å². The Balaban J connectivity index is 3.32. The van der Waals surface area contributed by atoms with Gasteiger partial charge in [-0.25, -0.2) is 18.6 Å². The molecule has 0 atom stereocenters. The van der Waals surface area contributed by atoms with E-state index >= 15 is 0 Å². The van der Waals surface area contributed by atoms with Gasteiger partial charge >= 0.3 is 5.97 Å². The van der Waals surface area contributed by atoms with Crippen molar-refractivity contribution in [1.29, 1.82) is 0 Å². The molecule has 0 unspecified atom stereocenters. The van der Waals surface area contributed by atoms with Crippen molar-refractivity contribution in [3.8, 4) is 0 Å². The minimum Gasteiger partial charge on any atom is -0.478 e. The molecule has 3 nitrogen and oxygen atoms in total. The molecular formula is C7H3F2I2NO2. The fraction of sp³-hybridized carbons (Fsp3) is 0.143. The van der Waals surface area contributed by atoms with Gasteiger partial charge in [-0.05, 0) is 51.2 Å². The molecule has 76 valence electrons. The SMILES string of the molecule is O=C(O)c1c(I)cc(C(F)F)nc1I. The summed E-state index contributed by atoms with van der Waals surface area (Å²) in [5, 5.41) is 8.74. The predicted molar refractivity (Wildman–Crippen MR) is 61.6 cm³/mol. The minimum atomic E-state index is -2.68. The van der Waals surface area contributed by atoms with Gasteiger partial charge < -0.3 is 5.11 Å². The van der Waals surface area contributed by atoms with Crippen molar-refractivity contribution < 1.29 is 18.7 Å². The summed E-state index contributed by atoms with van der Waals surface area (Å²) >= 11 is 3.33. The quantitative estimate of drug-likeness (QED) is 0.586. The summed E-state index contributed by atoms with van der Waals surface area (Å²) < 4.78 is 24.8. The number of nitrogens with zero attached hydrogens (tertiary/aromatic N) is 1. The zero-order valence-electron chi connectivity index (χ0n) is 6.47. The lowest BCUT2D eigenvalue weighted by atomic mass is 10.2. The van der Waals surface area contributed by atoms with Gasteiger partial charge in [0.05, 0.1) is 0 Å². The number of hydrogen-bond acceptors (Lipinski definition) is 2.